The van der Waals surface area contributed by atoms with Gasteiger partial charge in [-0.25, -0.2) is 4.68 Å². The molecule has 0 N–H and O–H groups in total. The van der Waals surface area contributed by atoms with E-state index in [1.165, 1.54) is 38.5 Å². The Morgan fingerprint density at radius 3 is 2.09 bits per heavy atom. The van der Waals surface area contributed by atoms with Crippen LogP contribution in [-0.2, 0) is 5.54 Å². The van der Waals surface area contributed by atoms with Gasteiger partial charge in [0, 0.05) is 11.8 Å². The van der Waals surface area contributed by atoms with Crippen LogP contribution in [0.4, 0.5) is 0 Å². The lowest BCUT2D eigenvalue weighted by atomic mass is 9.53. The summed E-state index contributed by atoms with van der Waals surface area (Å²) < 4.78 is 4.33. The standard InChI is InChI=1S/C20H24N2O/c1-14-7-19(23)21(18-5-3-2-4-6-18)22(14)20-11-15-8-16(12-20)10-17(9-15)13-20/h2-7,15-17H,8-13H2,1H3. The summed E-state index contributed by atoms with van der Waals surface area (Å²) in [5.74, 6) is 2.63. The monoisotopic (exact) mass is 308 g/mol. The van der Waals surface area contributed by atoms with Crippen LogP contribution in [0.1, 0.15) is 44.2 Å². The van der Waals surface area contributed by atoms with Gasteiger partial charge in [0.1, 0.15) is 0 Å². The Kier molecular flexibility index (Phi) is 2.74. The number of aryl methyl sites for hydroxylation is 1. The zero-order chi connectivity index (χ0) is 15.6. The fraction of sp³-hybridized carbons (Fsp3) is 0.550. The van der Waals surface area contributed by atoms with Gasteiger partial charge >= 0.3 is 0 Å². The van der Waals surface area contributed by atoms with E-state index < -0.39 is 0 Å². The van der Waals surface area contributed by atoms with Crippen molar-refractivity contribution in [3.05, 3.63) is 52.4 Å². The molecule has 0 radical (unpaired) electrons. The molecule has 3 heteroatoms. The van der Waals surface area contributed by atoms with Gasteiger partial charge in [0.2, 0.25) is 0 Å². The summed E-state index contributed by atoms with van der Waals surface area (Å²) in [4.78, 5) is 12.7. The van der Waals surface area contributed by atoms with Gasteiger partial charge < -0.3 is 0 Å². The van der Waals surface area contributed by atoms with Crippen molar-refractivity contribution in [2.75, 3.05) is 0 Å². The van der Waals surface area contributed by atoms with Crippen molar-refractivity contribution in [3.8, 4) is 5.69 Å². The molecule has 0 atom stereocenters. The summed E-state index contributed by atoms with van der Waals surface area (Å²) in [5, 5.41) is 0. The molecule has 0 saturated heterocycles. The number of hydrogen-bond acceptors (Lipinski definition) is 1. The number of aromatic nitrogens is 2. The van der Waals surface area contributed by atoms with E-state index in [-0.39, 0.29) is 11.1 Å². The lowest BCUT2D eigenvalue weighted by Gasteiger charge is -2.57. The van der Waals surface area contributed by atoms with E-state index in [9.17, 15) is 4.79 Å². The third-order valence-corrected chi connectivity index (χ3v) is 6.53. The van der Waals surface area contributed by atoms with E-state index in [1.54, 1.807) is 0 Å². The average molecular weight is 308 g/mol. The first kappa shape index (κ1) is 13.6. The highest BCUT2D eigenvalue weighted by molar-refractivity contribution is 5.32. The molecule has 120 valence electrons. The van der Waals surface area contributed by atoms with Crippen molar-refractivity contribution in [1.82, 2.24) is 9.36 Å². The molecule has 1 aromatic heterocycles. The predicted molar refractivity (Wildman–Crippen MR) is 90.9 cm³/mol. The fourth-order valence-corrected chi connectivity index (χ4v) is 6.28. The molecule has 23 heavy (non-hydrogen) atoms. The molecule has 4 fully saturated rings. The maximum atomic E-state index is 12.7. The second kappa shape index (κ2) is 4.62. The number of nitrogens with zero attached hydrogens (tertiary/aromatic N) is 2. The van der Waals surface area contributed by atoms with Gasteiger partial charge in [-0.3, -0.25) is 9.48 Å². The van der Waals surface area contributed by atoms with E-state index in [4.69, 9.17) is 0 Å². The van der Waals surface area contributed by atoms with Crippen molar-refractivity contribution in [2.24, 2.45) is 17.8 Å². The lowest BCUT2D eigenvalue weighted by Crippen LogP contribution is -2.54. The van der Waals surface area contributed by atoms with Gasteiger partial charge in [-0.1, -0.05) is 18.2 Å². The molecule has 0 unspecified atom stereocenters. The minimum Gasteiger partial charge on any atom is -0.276 e. The largest absolute Gasteiger partial charge is 0.276 e. The number of hydrogen-bond donors (Lipinski definition) is 0. The Bertz CT molecular complexity index is 764. The Hall–Kier alpha value is -1.77. The van der Waals surface area contributed by atoms with E-state index in [2.05, 4.69) is 23.7 Å². The third-order valence-electron chi connectivity index (χ3n) is 6.53. The molecule has 1 heterocycles. The molecule has 6 rings (SSSR count). The topological polar surface area (TPSA) is 26.9 Å². The summed E-state index contributed by atoms with van der Waals surface area (Å²) in [6.07, 6.45) is 8.07. The highest BCUT2D eigenvalue weighted by atomic mass is 16.1. The molecular formula is C20H24N2O. The molecular weight excluding hydrogens is 284 g/mol. The van der Waals surface area contributed by atoms with Gasteiger partial charge in [-0.05, 0) is 75.3 Å². The minimum absolute atomic E-state index is 0.115. The SMILES string of the molecule is Cc1cc(=O)n(-c2ccccc2)n1C12CC3CC(CC(C3)C1)C2. The van der Waals surface area contributed by atoms with Crippen molar-refractivity contribution < 1.29 is 0 Å². The number of benzene rings is 1. The van der Waals surface area contributed by atoms with Crippen LogP contribution >= 0.6 is 0 Å². The molecule has 4 bridgehead atoms. The van der Waals surface area contributed by atoms with Crippen LogP contribution in [0, 0.1) is 24.7 Å². The fourth-order valence-electron chi connectivity index (χ4n) is 6.28. The summed E-state index contributed by atoms with van der Waals surface area (Å²) in [5.41, 5.74) is 2.42. The lowest BCUT2D eigenvalue weighted by molar-refractivity contribution is -0.0538. The number of rotatable bonds is 2. The van der Waals surface area contributed by atoms with Crippen LogP contribution in [-0.4, -0.2) is 9.36 Å². The van der Waals surface area contributed by atoms with Crippen LogP contribution in [0.15, 0.2) is 41.2 Å². The van der Waals surface area contributed by atoms with Crippen molar-refractivity contribution in [1.29, 1.82) is 0 Å². The normalized spacial score (nSPS) is 34.9. The van der Waals surface area contributed by atoms with Crippen molar-refractivity contribution in [2.45, 2.75) is 51.0 Å². The first-order valence-corrected chi connectivity index (χ1v) is 9.02. The quantitative estimate of drug-likeness (QED) is 0.827. The molecule has 3 nitrogen and oxygen atoms in total. The molecule has 4 aliphatic rings. The van der Waals surface area contributed by atoms with E-state index in [0.717, 1.165) is 29.1 Å². The maximum absolute atomic E-state index is 12.7. The van der Waals surface area contributed by atoms with Gasteiger partial charge in [0.15, 0.2) is 0 Å². The second-order valence-electron chi connectivity index (χ2n) is 8.23. The predicted octanol–water partition coefficient (Wildman–Crippen LogP) is 3.87. The Balaban J connectivity index is 1.71. The third kappa shape index (κ3) is 1.92. The molecule has 4 saturated carbocycles. The Labute approximate surface area is 136 Å². The molecule has 4 aliphatic carbocycles. The zero-order valence-corrected chi connectivity index (χ0v) is 13.7. The van der Waals surface area contributed by atoms with E-state index in [0.29, 0.717) is 0 Å². The van der Waals surface area contributed by atoms with Crippen LogP contribution in [0.2, 0.25) is 0 Å². The van der Waals surface area contributed by atoms with E-state index >= 15 is 0 Å². The van der Waals surface area contributed by atoms with Gasteiger partial charge in [-0.15, -0.1) is 0 Å². The average Bonchev–Trinajstić information content (AvgIpc) is 2.82. The molecule has 0 amide bonds. The van der Waals surface area contributed by atoms with Crippen LogP contribution in [0.25, 0.3) is 5.69 Å². The summed E-state index contributed by atoms with van der Waals surface area (Å²) >= 11 is 0. The maximum Gasteiger partial charge on any atom is 0.271 e. The Morgan fingerprint density at radius 1 is 0.957 bits per heavy atom. The Morgan fingerprint density at radius 2 is 1.52 bits per heavy atom. The zero-order valence-electron chi connectivity index (χ0n) is 13.7. The summed E-state index contributed by atoms with van der Waals surface area (Å²) in [7, 11) is 0. The van der Waals surface area contributed by atoms with E-state index in [1.807, 2.05) is 28.9 Å². The second-order valence-corrected chi connectivity index (χ2v) is 8.23. The first-order valence-electron chi connectivity index (χ1n) is 9.02. The minimum atomic E-state index is 0.115. The van der Waals surface area contributed by atoms with Gasteiger partial charge in [-0.2, -0.15) is 0 Å². The van der Waals surface area contributed by atoms with Crippen molar-refractivity contribution >= 4 is 0 Å². The van der Waals surface area contributed by atoms with Crippen LogP contribution in [0.3, 0.4) is 0 Å². The molecule has 0 aliphatic heterocycles. The van der Waals surface area contributed by atoms with Crippen LogP contribution in [0.5, 0.6) is 0 Å². The van der Waals surface area contributed by atoms with Crippen LogP contribution < -0.4 is 5.56 Å². The highest BCUT2D eigenvalue weighted by Gasteiger charge is 2.53. The molecule has 2 aromatic rings. The highest BCUT2D eigenvalue weighted by Crippen LogP contribution is 2.59. The van der Waals surface area contributed by atoms with Gasteiger partial charge in [0.05, 0.1) is 11.2 Å². The smallest absolute Gasteiger partial charge is 0.271 e. The first-order chi connectivity index (χ1) is 11.1. The molecule has 1 aromatic carbocycles. The summed E-state index contributed by atoms with van der Waals surface area (Å²) in [6, 6.07) is 12.0. The molecule has 0 spiro atoms. The van der Waals surface area contributed by atoms with Gasteiger partial charge in [0.25, 0.3) is 5.56 Å². The summed E-state index contributed by atoms with van der Waals surface area (Å²) in [6.45, 7) is 2.11. The number of para-hydroxylation sites is 1. The van der Waals surface area contributed by atoms with Crippen molar-refractivity contribution in [3.63, 3.8) is 0 Å².